The summed E-state index contributed by atoms with van der Waals surface area (Å²) in [6, 6.07) is 5.39. The van der Waals surface area contributed by atoms with Crippen LogP contribution in [0.3, 0.4) is 0 Å². The van der Waals surface area contributed by atoms with Crippen molar-refractivity contribution in [2.24, 2.45) is 0 Å². The Kier molecular flexibility index (Phi) is 1.50. The fraction of sp³-hybridized carbons (Fsp3) is 0.222. The molecule has 12 heavy (non-hydrogen) atoms. The van der Waals surface area contributed by atoms with Gasteiger partial charge < -0.3 is 5.11 Å². The van der Waals surface area contributed by atoms with Crippen molar-refractivity contribution in [2.75, 3.05) is 0 Å². The summed E-state index contributed by atoms with van der Waals surface area (Å²) in [6.45, 7) is 2.02. The van der Waals surface area contributed by atoms with E-state index in [-0.39, 0.29) is 5.88 Å². The maximum absolute atomic E-state index is 9.50. The standard InChI is InChI=1S/C9H10N2O/c1-2-8-10-6-7-4-3-5-9(12)11(7)8/h3-6,12H,2H2,1H3. The third-order valence-electron chi connectivity index (χ3n) is 1.92. The first-order valence-electron chi connectivity index (χ1n) is 3.97. The highest BCUT2D eigenvalue weighted by Crippen LogP contribution is 2.15. The lowest BCUT2D eigenvalue weighted by molar-refractivity contribution is 0.443. The molecule has 2 rings (SSSR count). The van der Waals surface area contributed by atoms with Crippen molar-refractivity contribution in [3.63, 3.8) is 0 Å². The van der Waals surface area contributed by atoms with Gasteiger partial charge in [0.25, 0.3) is 0 Å². The Morgan fingerprint density at radius 2 is 2.33 bits per heavy atom. The summed E-state index contributed by atoms with van der Waals surface area (Å²) >= 11 is 0. The molecule has 0 amide bonds. The Morgan fingerprint density at radius 3 is 3.08 bits per heavy atom. The first-order chi connectivity index (χ1) is 5.83. The summed E-state index contributed by atoms with van der Waals surface area (Å²) in [5, 5.41) is 9.50. The van der Waals surface area contributed by atoms with Crippen LogP contribution in [-0.2, 0) is 6.42 Å². The third-order valence-corrected chi connectivity index (χ3v) is 1.92. The van der Waals surface area contributed by atoms with Crippen LogP contribution in [0, 0.1) is 0 Å². The molecule has 0 fully saturated rings. The molecule has 3 nitrogen and oxygen atoms in total. The van der Waals surface area contributed by atoms with E-state index in [9.17, 15) is 5.11 Å². The molecule has 3 heteroatoms. The lowest BCUT2D eigenvalue weighted by atomic mass is 10.4. The van der Waals surface area contributed by atoms with E-state index in [1.54, 1.807) is 16.7 Å². The van der Waals surface area contributed by atoms with Crippen LogP contribution in [0.4, 0.5) is 0 Å². The fourth-order valence-electron chi connectivity index (χ4n) is 1.34. The van der Waals surface area contributed by atoms with E-state index in [0.717, 1.165) is 17.8 Å². The number of imidazole rings is 1. The largest absolute Gasteiger partial charge is 0.494 e. The monoisotopic (exact) mass is 162 g/mol. The van der Waals surface area contributed by atoms with Gasteiger partial charge in [-0.25, -0.2) is 4.98 Å². The van der Waals surface area contributed by atoms with Gasteiger partial charge in [0.05, 0.1) is 11.7 Å². The lowest BCUT2D eigenvalue weighted by Crippen LogP contribution is -1.92. The van der Waals surface area contributed by atoms with Gasteiger partial charge in [0.2, 0.25) is 0 Å². The molecule has 2 heterocycles. The minimum atomic E-state index is 0.252. The maximum atomic E-state index is 9.50. The lowest BCUT2D eigenvalue weighted by Gasteiger charge is -2.00. The van der Waals surface area contributed by atoms with Crippen molar-refractivity contribution in [2.45, 2.75) is 13.3 Å². The predicted molar refractivity (Wildman–Crippen MR) is 46.2 cm³/mol. The molecule has 62 valence electrons. The van der Waals surface area contributed by atoms with E-state index in [2.05, 4.69) is 4.98 Å². The SMILES string of the molecule is CCc1ncc2cccc(O)n12. The van der Waals surface area contributed by atoms with Gasteiger partial charge in [0.15, 0.2) is 5.88 Å². The molecule has 0 saturated carbocycles. The Morgan fingerprint density at radius 1 is 1.50 bits per heavy atom. The Hall–Kier alpha value is -1.51. The molecule has 0 spiro atoms. The molecular formula is C9H10N2O. The van der Waals surface area contributed by atoms with Gasteiger partial charge >= 0.3 is 0 Å². The molecule has 2 aromatic heterocycles. The Balaban J connectivity index is 2.83. The van der Waals surface area contributed by atoms with Gasteiger partial charge in [0.1, 0.15) is 5.82 Å². The summed E-state index contributed by atoms with van der Waals surface area (Å²) in [5.41, 5.74) is 0.937. The summed E-state index contributed by atoms with van der Waals surface area (Å²) in [5.74, 6) is 1.14. The maximum Gasteiger partial charge on any atom is 0.197 e. The van der Waals surface area contributed by atoms with Crippen LogP contribution in [0.1, 0.15) is 12.7 Å². The van der Waals surface area contributed by atoms with E-state index in [1.165, 1.54) is 0 Å². The first kappa shape index (κ1) is 7.16. The average Bonchev–Trinajstić information content (AvgIpc) is 2.49. The molecule has 0 radical (unpaired) electrons. The van der Waals surface area contributed by atoms with Gasteiger partial charge in [-0.15, -0.1) is 0 Å². The zero-order chi connectivity index (χ0) is 8.55. The summed E-state index contributed by atoms with van der Waals surface area (Å²) in [4.78, 5) is 4.18. The smallest absolute Gasteiger partial charge is 0.197 e. The van der Waals surface area contributed by atoms with Crippen LogP contribution < -0.4 is 0 Å². The van der Waals surface area contributed by atoms with Crippen LogP contribution in [0.2, 0.25) is 0 Å². The Labute approximate surface area is 70.3 Å². The number of rotatable bonds is 1. The number of aromatic hydroxyl groups is 1. The molecule has 2 aromatic rings. The highest BCUT2D eigenvalue weighted by Gasteiger charge is 2.03. The van der Waals surface area contributed by atoms with Gasteiger partial charge in [-0.3, -0.25) is 4.40 Å². The minimum absolute atomic E-state index is 0.252. The number of aromatic nitrogens is 2. The molecule has 0 bridgehead atoms. The summed E-state index contributed by atoms with van der Waals surface area (Å²) in [7, 11) is 0. The Bertz CT molecular complexity index is 406. The zero-order valence-corrected chi connectivity index (χ0v) is 6.86. The van der Waals surface area contributed by atoms with Crippen LogP contribution >= 0.6 is 0 Å². The van der Waals surface area contributed by atoms with Crippen LogP contribution in [0.15, 0.2) is 24.4 Å². The number of hydrogen-bond donors (Lipinski definition) is 1. The number of nitrogens with zero attached hydrogens (tertiary/aromatic N) is 2. The second kappa shape index (κ2) is 2.52. The highest BCUT2D eigenvalue weighted by atomic mass is 16.3. The van der Waals surface area contributed by atoms with Crippen molar-refractivity contribution >= 4 is 5.52 Å². The van der Waals surface area contributed by atoms with Crippen LogP contribution in [0.5, 0.6) is 5.88 Å². The molecule has 0 aliphatic rings. The van der Waals surface area contributed by atoms with Gasteiger partial charge in [0, 0.05) is 6.42 Å². The molecule has 0 unspecified atom stereocenters. The zero-order valence-electron chi connectivity index (χ0n) is 6.86. The average molecular weight is 162 g/mol. The van der Waals surface area contributed by atoms with Crippen molar-refractivity contribution in [3.8, 4) is 5.88 Å². The topological polar surface area (TPSA) is 37.5 Å². The van der Waals surface area contributed by atoms with Crippen LogP contribution in [0.25, 0.3) is 5.52 Å². The third kappa shape index (κ3) is 0.863. The van der Waals surface area contributed by atoms with Crippen molar-refractivity contribution in [1.29, 1.82) is 0 Å². The highest BCUT2D eigenvalue weighted by molar-refractivity contribution is 5.48. The van der Waals surface area contributed by atoms with Gasteiger partial charge in [-0.1, -0.05) is 13.0 Å². The molecule has 0 aromatic carbocycles. The second-order valence-corrected chi connectivity index (χ2v) is 2.67. The second-order valence-electron chi connectivity index (χ2n) is 2.67. The molecule has 0 aliphatic carbocycles. The number of pyridine rings is 1. The van der Waals surface area contributed by atoms with E-state index >= 15 is 0 Å². The first-order valence-corrected chi connectivity index (χ1v) is 3.97. The summed E-state index contributed by atoms with van der Waals surface area (Å²) in [6.07, 6.45) is 2.59. The molecule has 0 aliphatic heterocycles. The number of aryl methyl sites for hydroxylation is 1. The molecule has 0 saturated heterocycles. The van der Waals surface area contributed by atoms with E-state index in [0.29, 0.717) is 0 Å². The summed E-state index contributed by atoms with van der Waals surface area (Å²) < 4.78 is 1.75. The fourth-order valence-corrected chi connectivity index (χ4v) is 1.34. The molecular weight excluding hydrogens is 152 g/mol. The van der Waals surface area contributed by atoms with Gasteiger partial charge in [-0.2, -0.15) is 0 Å². The van der Waals surface area contributed by atoms with E-state index in [4.69, 9.17) is 0 Å². The molecule has 1 N–H and O–H groups in total. The minimum Gasteiger partial charge on any atom is -0.494 e. The van der Waals surface area contributed by atoms with Crippen molar-refractivity contribution < 1.29 is 5.11 Å². The van der Waals surface area contributed by atoms with Crippen molar-refractivity contribution in [3.05, 3.63) is 30.2 Å². The predicted octanol–water partition coefficient (Wildman–Crippen LogP) is 1.60. The van der Waals surface area contributed by atoms with Gasteiger partial charge in [-0.05, 0) is 12.1 Å². The normalized spacial score (nSPS) is 10.8. The number of fused-ring (bicyclic) bond motifs is 1. The van der Waals surface area contributed by atoms with E-state index < -0.39 is 0 Å². The quantitative estimate of drug-likeness (QED) is 0.691. The van der Waals surface area contributed by atoms with Crippen molar-refractivity contribution in [1.82, 2.24) is 9.38 Å². The van der Waals surface area contributed by atoms with E-state index in [1.807, 2.05) is 19.1 Å². The van der Waals surface area contributed by atoms with Crippen LogP contribution in [-0.4, -0.2) is 14.5 Å². The molecule has 0 atom stereocenters. The number of hydrogen-bond acceptors (Lipinski definition) is 2.